The van der Waals surface area contributed by atoms with Crippen molar-refractivity contribution in [3.63, 3.8) is 0 Å². The van der Waals surface area contributed by atoms with Gasteiger partial charge in [-0.25, -0.2) is 4.98 Å². The molecule has 2 aliphatic rings. The van der Waals surface area contributed by atoms with Crippen LogP contribution in [0.1, 0.15) is 37.5 Å². The summed E-state index contributed by atoms with van der Waals surface area (Å²) in [5.74, 6) is 1.32. The van der Waals surface area contributed by atoms with Crippen molar-refractivity contribution in [2.24, 2.45) is 13.0 Å². The molecule has 1 saturated carbocycles. The number of nitrogens with zero attached hydrogens (tertiary/aromatic N) is 3. The second-order valence-electron chi connectivity index (χ2n) is 6.03. The van der Waals surface area contributed by atoms with E-state index in [1.165, 1.54) is 0 Å². The molecule has 6 nitrogen and oxygen atoms in total. The predicted octanol–water partition coefficient (Wildman–Crippen LogP) is 0.908. The van der Waals surface area contributed by atoms with Crippen molar-refractivity contribution >= 4 is 24.4 Å². The van der Waals surface area contributed by atoms with Crippen molar-refractivity contribution in [3.05, 3.63) is 18.2 Å². The molecule has 1 N–H and O–H groups in total. The Morgan fingerprint density at radius 2 is 2.23 bits per heavy atom. The number of carbonyl (C=O) groups excluding carboxylic acids is 2. The highest BCUT2D eigenvalue weighted by Gasteiger charge is 2.47. The fraction of sp³-hybridized carbons (Fsp3) is 0.667. The summed E-state index contributed by atoms with van der Waals surface area (Å²) in [7, 11) is 1.91. The summed E-state index contributed by atoms with van der Waals surface area (Å²) >= 11 is 4.14. The molecule has 22 heavy (non-hydrogen) atoms. The molecule has 2 atom stereocenters. The molecule has 0 unspecified atom stereocenters. The first-order valence-corrected chi connectivity index (χ1v) is 8.43. The van der Waals surface area contributed by atoms with Crippen LogP contribution in [-0.4, -0.2) is 44.6 Å². The van der Waals surface area contributed by atoms with E-state index in [1.54, 1.807) is 6.20 Å². The van der Waals surface area contributed by atoms with Gasteiger partial charge < -0.3 is 14.8 Å². The lowest BCUT2D eigenvalue weighted by Crippen LogP contribution is -2.50. The van der Waals surface area contributed by atoms with E-state index < -0.39 is 0 Å². The SMILES string of the molecule is Cn1ccnc1[C@H]1[C@H](C(=O)NCCS)CCC(=O)N1C1CC1. The summed E-state index contributed by atoms with van der Waals surface area (Å²) < 4.78 is 1.91. The molecule has 1 aliphatic heterocycles. The number of rotatable bonds is 5. The lowest BCUT2D eigenvalue weighted by Gasteiger charge is -2.40. The second-order valence-corrected chi connectivity index (χ2v) is 6.48. The lowest BCUT2D eigenvalue weighted by molar-refractivity contribution is -0.144. The molecule has 1 aliphatic carbocycles. The number of imidazole rings is 1. The number of hydrogen-bond donors (Lipinski definition) is 2. The molecule has 2 amide bonds. The summed E-state index contributed by atoms with van der Waals surface area (Å²) in [4.78, 5) is 31.3. The highest BCUT2D eigenvalue weighted by atomic mass is 32.1. The number of thiol groups is 1. The Bertz CT molecular complexity index is 570. The highest BCUT2D eigenvalue weighted by molar-refractivity contribution is 7.80. The zero-order valence-electron chi connectivity index (χ0n) is 12.7. The van der Waals surface area contributed by atoms with Crippen LogP contribution in [0, 0.1) is 5.92 Å². The average Bonchev–Trinajstić information content (AvgIpc) is 3.25. The van der Waals surface area contributed by atoms with Crippen LogP contribution >= 0.6 is 12.6 Å². The number of hydrogen-bond acceptors (Lipinski definition) is 4. The molecule has 0 spiro atoms. The van der Waals surface area contributed by atoms with E-state index in [4.69, 9.17) is 0 Å². The maximum Gasteiger partial charge on any atom is 0.225 e. The van der Waals surface area contributed by atoms with Gasteiger partial charge in [0.05, 0.1) is 5.92 Å². The summed E-state index contributed by atoms with van der Waals surface area (Å²) in [6.07, 6.45) is 6.66. The molecule has 2 fully saturated rings. The first-order valence-electron chi connectivity index (χ1n) is 7.80. The van der Waals surface area contributed by atoms with E-state index >= 15 is 0 Å². The Kier molecular flexibility index (Phi) is 4.42. The van der Waals surface area contributed by atoms with Gasteiger partial charge in [0.1, 0.15) is 11.9 Å². The van der Waals surface area contributed by atoms with E-state index in [-0.39, 0.29) is 29.8 Å². The molecule has 3 rings (SSSR count). The van der Waals surface area contributed by atoms with Gasteiger partial charge in [0.2, 0.25) is 11.8 Å². The summed E-state index contributed by atoms with van der Waals surface area (Å²) in [6, 6.07) is 0.0170. The van der Waals surface area contributed by atoms with Crippen LogP contribution in [-0.2, 0) is 16.6 Å². The van der Waals surface area contributed by atoms with Gasteiger partial charge in [-0.1, -0.05) is 0 Å². The second kappa shape index (κ2) is 6.32. The summed E-state index contributed by atoms with van der Waals surface area (Å²) in [6.45, 7) is 0.545. The Morgan fingerprint density at radius 3 is 2.82 bits per heavy atom. The number of carbonyl (C=O) groups is 2. The molecule has 0 radical (unpaired) electrons. The summed E-state index contributed by atoms with van der Waals surface area (Å²) in [5.41, 5.74) is 0. The van der Waals surface area contributed by atoms with Crippen LogP contribution in [0.3, 0.4) is 0 Å². The molecule has 0 aromatic carbocycles. The molecule has 120 valence electrons. The fourth-order valence-corrected chi connectivity index (χ4v) is 3.36. The standard InChI is InChI=1S/C15H22N4O2S/c1-18-8-6-16-14(18)13-11(15(21)17-7-9-22)4-5-12(20)19(13)10-2-3-10/h6,8,10-11,13,22H,2-5,7,9H2,1H3,(H,17,21)/t11-,13-/m1/s1. The van der Waals surface area contributed by atoms with Crippen molar-refractivity contribution < 1.29 is 9.59 Å². The third kappa shape index (κ3) is 2.86. The molecule has 7 heteroatoms. The first kappa shape index (κ1) is 15.4. The molecular weight excluding hydrogens is 300 g/mol. The largest absolute Gasteiger partial charge is 0.355 e. The van der Waals surface area contributed by atoms with Crippen molar-refractivity contribution in [2.75, 3.05) is 12.3 Å². The molecular formula is C15H22N4O2S. The van der Waals surface area contributed by atoms with Crippen LogP contribution in [0.2, 0.25) is 0 Å². The van der Waals surface area contributed by atoms with Gasteiger partial charge in [-0.05, 0) is 19.3 Å². The lowest BCUT2D eigenvalue weighted by atomic mass is 9.87. The van der Waals surface area contributed by atoms with Crippen LogP contribution in [0.5, 0.6) is 0 Å². The van der Waals surface area contributed by atoms with Gasteiger partial charge in [-0.15, -0.1) is 0 Å². The smallest absolute Gasteiger partial charge is 0.225 e. The maximum absolute atomic E-state index is 12.5. The average molecular weight is 322 g/mol. The first-order chi connectivity index (χ1) is 10.6. The number of amides is 2. The quantitative estimate of drug-likeness (QED) is 0.792. The highest BCUT2D eigenvalue weighted by Crippen LogP contribution is 2.42. The molecule has 1 saturated heterocycles. The van der Waals surface area contributed by atoms with Gasteiger partial charge in [0.15, 0.2) is 0 Å². The molecule has 1 aromatic rings. The number of piperidine rings is 1. The topological polar surface area (TPSA) is 67.2 Å². The predicted molar refractivity (Wildman–Crippen MR) is 85.4 cm³/mol. The minimum atomic E-state index is -0.256. The number of aryl methyl sites for hydroxylation is 1. The Hall–Kier alpha value is -1.50. The van der Waals surface area contributed by atoms with E-state index in [0.717, 1.165) is 18.7 Å². The molecule has 1 aromatic heterocycles. The zero-order chi connectivity index (χ0) is 15.7. The van der Waals surface area contributed by atoms with Crippen LogP contribution in [0.25, 0.3) is 0 Å². The van der Waals surface area contributed by atoms with Gasteiger partial charge >= 0.3 is 0 Å². The maximum atomic E-state index is 12.5. The normalized spacial score (nSPS) is 25.4. The van der Waals surface area contributed by atoms with E-state index in [0.29, 0.717) is 25.1 Å². The number of likely N-dealkylation sites (tertiary alicyclic amines) is 1. The molecule has 2 heterocycles. The Labute approximate surface area is 135 Å². The van der Waals surface area contributed by atoms with E-state index in [2.05, 4.69) is 22.9 Å². The third-order valence-electron chi connectivity index (χ3n) is 4.45. The number of nitrogens with one attached hydrogen (secondary N) is 1. The van der Waals surface area contributed by atoms with E-state index in [9.17, 15) is 9.59 Å². The minimum absolute atomic E-state index is 0.000185. The monoisotopic (exact) mass is 322 g/mol. The minimum Gasteiger partial charge on any atom is -0.355 e. The fourth-order valence-electron chi connectivity index (χ4n) is 3.25. The molecule has 0 bridgehead atoms. The van der Waals surface area contributed by atoms with Crippen molar-refractivity contribution in [1.29, 1.82) is 0 Å². The van der Waals surface area contributed by atoms with Gasteiger partial charge in [0, 0.05) is 44.2 Å². The van der Waals surface area contributed by atoms with Crippen LogP contribution < -0.4 is 5.32 Å². The van der Waals surface area contributed by atoms with Crippen LogP contribution in [0.15, 0.2) is 12.4 Å². The van der Waals surface area contributed by atoms with Crippen molar-refractivity contribution in [3.8, 4) is 0 Å². The van der Waals surface area contributed by atoms with Gasteiger partial charge in [0.25, 0.3) is 0 Å². The van der Waals surface area contributed by atoms with Crippen LogP contribution in [0.4, 0.5) is 0 Å². The van der Waals surface area contributed by atoms with Crippen molar-refractivity contribution in [1.82, 2.24) is 19.8 Å². The number of aromatic nitrogens is 2. The van der Waals surface area contributed by atoms with Gasteiger partial charge in [-0.3, -0.25) is 9.59 Å². The Morgan fingerprint density at radius 1 is 1.45 bits per heavy atom. The summed E-state index contributed by atoms with van der Waals surface area (Å²) in [5, 5.41) is 2.92. The van der Waals surface area contributed by atoms with Crippen molar-refractivity contribution in [2.45, 2.75) is 37.8 Å². The van der Waals surface area contributed by atoms with Gasteiger partial charge in [-0.2, -0.15) is 12.6 Å². The zero-order valence-corrected chi connectivity index (χ0v) is 13.6. The van der Waals surface area contributed by atoms with E-state index in [1.807, 2.05) is 22.7 Å². The third-order valence-corrected chi connectivity index (χ3v) is 4.67. The Balaban J connectivity index is 1.91.